The number of aryl methyl sites for hydroxylation is 2. The Labute approximate surface area is 99.5 Å². The lowest BCUT2D eigenvalue weighted by atomic mass is 9.99. The maximum absolute atomic E-state index is 2.65. The Hall–Kier alpha value is -0.820. The summed E-state index contributed by atoms with van der Waals surface area (Å²) in [5, 5.41) is 0. The Morgan fingerprint density at radius 2 is 1.88 bits per heavy atom. The third kappa shape index (κ3) is 2.46. The van der Waals surface area contributed by atoms with Crippen LogP contribution >= 0.6 is 0 Å². The highest BCUT2D eigenvalue weighted by atomic mass is 15.2. The van der Waals surface area contributed by atoms with E-state index in [4.69, 9.17) is 0 Å². The van der Waals surface area contributed by atoms with Crippen molar-refractivity contribution in [2.24, 2.45) is 0 Å². The molecular weight excluding hydrogens is 194 g/mol. The van der Waals surface area contributed by atoms with Crippen LogP contribution in [0, 0.1) is 13.8 Å². The lowest BCUT2D eigenvalue weighted by molar-refractivity contribution is 0.258. The zero-order chi connectivity index (χ0) is 11.5. The van der Waals surface area contributed by atoms with Crippen molar-refractivity contribution in [3.63, 3.8) is 0 Å². The highest BCUT2D eigenvalue weighted by Crippen LogP contribution is 2.32. The van der Waals surface area contributed by atoms with Gasteiger partial charge in [0.05, 0.1) is 0 Å². The van der Waals surface area contributed by atoms with Gasteiger partial charge < -0.3 is 0 Å². The average molecular weight is 217 g/mol. The van der Waals surface area contributed by atoms with Crippen molar-refractivity contribution < 1.29 is 0 Å². The van der Waals surface area contributed by atoms with E-state index < -0.39 is 0 Å². The van der Waals surface area contributed by atoms with Crippen molar-refractivity contribution in [1.82, 2.24) is 4.90 Å². The second kappa shape index (κ2) is 5.01. The highest BCUT2D eigenvalue weighted by Gasteiger charge is 2.25. The number of nitrogens with zero attached hydrogens (tertiary/aromatic N) is 1. The third-order valence-corrected chi connectivity index (χ3v) is 3.50. The molecule has 1 unspecified atom stereocenters. The van der Waals surface area contributed by atoms with E-state index in [-0.39, 0.29) is 0 Å². The van der Waals surface area contributed by atoms with E-state index in [2.05, 4.69) is 43.9 Å². The molecular formula is C15H23N. The van der Waals surface area contributed by atoms with Gasteiger partial charge in [-0.15, -0.1) is 0 Å². The minimum Gasteiger partial charge on any atom is -0.296 e. The summed E-state index contributed by atoms with van der Waals surface area (Å²) >= 11 is 0. The quantitative estimate of drug-likeness (QED) is 0.743. The molecule has 88 valence electrons. The predicted octanol–water partition coefficient (Wildman–Crippen LogP) is 3.85. The molecule has 0 N–H and O–H groups in total. The first-order valence-electron chi connectivity index (χ1n) is 6.53. The summed E-state index contributed by atoms with van der Waals surface area (Å²) in [6.07, 6.45) is 3.96. The summed E-state index contributed by atoms with van der Waals surface area (Å²) < 4.78 is 0. The topological polar surface area (TPSA) is 3.24 Å². The van der Waals surface area contributed by atoms with Gasteiger partial charge in [0.2, 0.25) is 0 Å². The fourth-order valence-corrected chi connectivity index (χ4v) is 2.96. The van der Waals surface area contributed by atoms with Gasteiger partial charge in [-0.3, -0.25) is 4.90 Å². The van der Waals surface area contributed by atoms with Crippen LogP contribution in [-0.2, 0) is 0 Å². The molecule has 0 amide bonds. The van der Waals surface area contributed by atoms with Gasteiger partial charge in [0, 0.05) is 6.04 Å². The van der Waals surface area contributed by atoms with E-state index in [0.717, 1.165) is 0 Å². The summed E-state index contributed by atoms with van der Waals surface area (Å²) in [4.78, 5) is 2.65. The lowest BCUT2D eigenvalue weighted by Crippen LogP contribution is -2.24. The normalized spacial score (nSPS) is 21.6. The van der Waals surface area contributed by atoms with Crippen LogP contribution in [0.25, 0.3) is 0 Å². The van der Waals surface area contributed by atoms with Gasteiger partial charge >= 0.3 is 0 Å². The summed E-state index contributed by atoms with van der Waals surface area (Å²) in [6.45, 7) is 9.21. The average Bonchev–Trinajstić information content (AvgIpc) is 2.65. The van der Waals surface area contributed by atoms with Crippen molar-refractivity contribution in [3.8, 4) is 0 Å². The van der Waals surface area contributed by atoms with E-state index in [0.29, 0.717) is 6.04 Å². The summed E-state index contributed by atoms with van der Waals surface area (Å²) in [6, 6.07) is 7.68. The Morgan fingerprint density at radius 3 is 2.50 bits per heavy atom. The monoisotopic (exact) mass is 217 g/mol. The lowest BCUT2D eigenvalue weighted by Gasteiger charge is -2.24. The molecule has 16 heavy (non-hydrogen) atoms. The van der Waals surface area contributed by atoms with Crippen LogP contribution < -0.4 is 0 Å². The van der Waals surface area contributed by atoms with Gasteiger partial charge in [-0.2, -0.15) is 0 Å². The fraction of sp³-hybridized carbons (Fsp3) is 0.600. The van der Waals surface area contributed by atoms with Crippen molar-refractivity contribution in [3.05, 3.63) is 34.9 Å². The summed E-state index contributed by atoms with van der Waals surface area (Å²) in [5.41, 5.74) is 4.33. The van der Waals surface area contributed by atoms with Gasteiger partial charge in [0.25, 0.3) is 0 Å². The minimum absolute atomic E-state index is 0.679. The van der Waals surface area contributed by atoms with Crippen LogP contribution in [0.2, 0.25) is 0 Å². The molecule has 1 heterocycles. The second-order valence-corrected chi connectivity index (χ2v) is 5.12. The first kappa shape index (κ1) is 11.7. The molecule has 0 aliphatic carbocycles. The van der Waals surface area contributed by atoms with Crippen molar-refractivity contribution in [1.29, 1.82) is 0 Å². The van der Waals surface area contributed by atoms with Gasteiger partial charge in [-0.25, -0.2) is 0 Å². The number of hydrogen-bond donors (Lipinski definition) is 0. The first-order valence-corrected chi connectivity index (χ1v) is 6.53. The SMILES string of the molecule is CCCN1CCCC1c1cc(C)cc(C)c1. The van der Waals surface area contributed by atoms with E-state index in [1.54, 1.807) is 0 Å². The highest BCUT2D eigenvalue weighted by molar-refractivity contribution is 5.31. The molecule has 1 nitrogen and oxygen atoms in total. The second-order valence-electron chi connectivity index (χ2n) is 5.12. The number of hydrogen-bond acceptors (Lipinski definition) is 1. The molecule has 0 spiro atoms. The largest absolute Gasteiger partial charge is 0.296 e. The van der Waals surface area contributed by atoms with E-state index in [9.17, 15) is 0 Å². The molecule has 1 atom stereocenters. The summed E-state index contributed by atoms with van der Waals surface area (Å²) in [5.74, 6) is 0. The third-order valence-electron chi connectivity index (χ3n) is 3.50. The number of rotatable bonds is 3. The minimum atomic E-state index is 0.679. The Kier molecular flexibility index (Phi) is 3.65. The molecule has 2 rings (SSSR count). The Bertz CT molecular complexity index is 336. The molecule has 1 aliphatic rings. The van der Waals surface area contributed by atoms with Gasteiger partial charge in [0.1, 0.15) is 0 Å². The van der Waals surface area contributed by atoms with Crippen LogP contribution in [0.15, 0.2) is 18.2 Å². The van der Waals surface area contributed by atoms with Crippen LogP contribution in [0.3, 0.4) is 0 Å². The van der Waals surface area contributed by atoms with Gasteiger partial charge in [-0.05, 0) is 51.8 Å². The zero-order valence-corrected chi connectivity index (χ0v) is 10.8. The van der Waals surface area contributed by atoms with Crippen LogP contribution in [-0.4, -0.2) is 18.0 Å². The Morgan fingerprint density at radius 1 is 1.19 bits per heavy atom. The molecule has 1 saturated heterocycles. The van der Waals surface area contributed by atoms with Crippen molar-refractivity contribution in [2.75, 3.05) is 13.1 Å². The Balaban J connectivity index is 2.21. The van der Waals surface area contributed by atoms with Crippen molar-refractivity contribution in [2.45, 2.75) is 46.1 Å². The van der Waals surface area contributed by atoms with E-state index in [1.807, 2.05) is 0 Å². The van der Waals surface area contributed by atoms with Crippen LogP contribution in [0.5, 0.6) is 0 Å². The molecule has 1 aromatic carbocycles. The van der Waals surface area contributed by atoms with Gasteiger partial charge in [-0.1, -0.05) is 36.2 Å². The van der Waals surface area contributed by atoms with Crippen LogP contribution in [0.4, 0.5) is 0 Å². The zero-order valence-electron chi connectivity index (χ0n) is 10.8. The fourth-order valence-electron chi connectivity index (χ4n) is 2.96. The molecule has 1 aromatic rings. The maximum Gasteiger partial charge on any atom is 0.0348 e. The number of likely N-dealkylation sites (tertiary alicyclic amines) is 1. The number of benzene rings is 1. The molecule has 0 radical (unpaired) electrons. The van der Waals surface area contributed by atoms with E-state index in [1.165, 1.54) is 49.0 Å². The maximum atomic E-state index is 2.65. The predicted molar refractivity (Wildman–Crippen MR) is 69.8 cm³/mol. The first-order chi connectivity index (χ1) is 7.70. The smallest absolute Gasteiger partial charge is 0.0348 e. The molecule has 1 aliphatic heterocycles. The molecule has 1 heteroatoms. The molecule has 0 bridgehead atoms. The molecule has 0 saturated carbocycles. The van der Waals surface area contributed by atoms with Crippen LogP contribution in [0.1, 0.15) is 48.9 Å². The summed E-state index contributed by atoms with van der Waals surface area (Å²) in [7, 11) is 0. The molecule has 1 fully saturated rings. The van der Waals surface area contributed by atoms with E-state index >= 15 is 0 Å². The van der Waals surface area contributed by atoms with Crippen molar-refractivity contribution >= 4 is 0 Å². The van der Waals surface area contributed by atoms with Gasteiger partial charge in [0.15, 0.2) is 0 Å². The standard InChI is InChI=1S/C15H23N/c1-4-7-16-8-5-6-15(16)14-10-12(2)9-13(3)11-14/h9-11,15H,4-8H2,1-3H3. The molecule has 0 aromatic heterocycles.